The largest absolute Gasteiger partial charge is 0.478 e. The van der Waals surface area contributed by atoms with Crippen LogP contribution in [0.4, 0.5) is 0 Å². The van der Waals surface area contributed by atoms with Gasteiger partial charge in [-0.1, -0.05) is 13.8 Å². The van der Waals surface area contributed by atoms with Crippen LogP contribution in [-0.4, -0.2) is 30.4 Å². The molecule has 1 aromatic rings. The lowest BCUT2D eigenvalue weighted by atomic mass is 10.1. The van der Waals surface area contributed by atoms with E-state index in [0.717, 1.165) is 17.7 Å². The third-order valence-electron chi connectivity index (χ3n) is 2.40. The molecule has 0 aliphatic carbocycles. The normalized spacial score (nSPS) is 10.9. The van der Waals surface area contributed by atoms with Crippen LogP contribution in [0.15, 0.2) is 12.1 Å². The molecule has 4 nitrogen and oxygen atoms in total. The summed E-state index contributed by atoms with van der Waals surface area (Å²) in [5.74, 6) is 0.902. The summed E-state index contributed by atoms with van der Waals surface area (Å²) in [6, 6.07) is 3.69. The fourth-order valence-electron chi connectivity index (χ4n) is 1.42. The number of methoxy groups -OCH3 is 1. The molecule has 17 heavy (non-hydrogen) atoms. The van der Waals surface area contributed by atoms with Gasteiger partial charge in [-0.05, 0) is 17.5 Å². The van der Waals surface area contributed by atoms with E-state index >= 15 is 0 Å². The molecule has 1 heterocycles. The Hall–Kier alpha value is -1.13. The van der Waals surface area contributed by atoms with Gasteiger partial charge in [-0.15, -0.1) is 0 Å². The summed E-state index contributed by atoms with van der Waals surface area (Å²) in [5.41, 5.74) is 1.78. The van der Waals surface area contributed by atoms with Gasteiger partial charge in [0.25, 0.3) is 0 Å². The number of pyridine rings is 1. The number of aromatic nitrogens is 1. The second kappa shape index (κ2) is 7.25. The van der Waals surface area contributed by atoms with Crippen molar-refractivity contribution in [2.75, 3.05) is 20.3 Å². The lowest BCUT2D eigenvalue weighted by Crippen LogP contribution is -2.05. The third kappa shape index (κ3) is 4.71. The maximum Gasteiger partial charge on any atom is 0.213 e. The van der Waals surface area contributed by atoms with Crippen LogP contribution in [0.5, 0.6) is 5.88 Å². The first-order chi connectivity index (χ1) is 8.17. The molecule has 0 spiro atoms. The smallest absolute Gasteiger partial charge is 0.213 e. The molecule has 1 rings (SSSR count). The van der Waals surface area contributed by atoms with Gasteiger partial charge in [0.15, 0.2) is 0 Å². The molecule has 0 saturated carbocycles. The van der Waals surface area contributed by atoms with Gasteiger partial charge in [0.2, 0.25) is 5.88 Å². The molecule has 1 aromatic heterocycles. The number of hydrogen-bond acceptors (Lipinski definition) is 4. The maximum atomic E-state index is 9.17. The fourth-order valence-corrected chi connectivity index (χ4v) is 1.42. The van der Waals surface area contributed by atoms with Crippen molar-refractivity contribution in [1.82, 2.24) is 4.98 Å². The molecule has 0 radical (unpaired) electrons. The van der Waals surface area contributed by atoms with Crippen molar-refractivity contribution in [3.05, 3.63) is 23.4 Å². The standard InChI is InChI=1S/C13H21NO3/c1-10(2)12-7-11(9-15)8-13(14-12)17-6-4-5-16-3/h7-8,10,15H,4-6,9H2,1-3H3. The Bertz CT molecular complexity index is 339. The van der Waals surface area contributed by atoms with Gasteiger partial charge in [0.05, 0.1) is 13.2 Å². The van der Waals surface area contributed by atoms with E-state index in [1.165, 1.54) is 0 Å². The van der Waals surface area contributed by atoms with Crippen molar-refractivity contribution < 1.29 is 14.6 Å². The molecular weight excluding hydrogens is 218 g/mol. The number of aliphatic hydroxyl groups is 1. The van der Waals surface area contributed by atoms with E-state index in [1.54, 1.807) is 13.2 Å². The molecule has 0 saturated heterocycles. The maximum absolute atomic E-state index is 9.17. The second-order valence-corrected chi connectivity index (χ2v) is 4.25. The average molecular weight is 239 g/mol. The molecule has 0 aromatic carbocycles. The van der Waals surface area contributed by atoms with Crippen LogP contribution >= 0.6 is 0 Å². The van der Waals surface area contributed by atoms with Gasteiger partial charge in [0, 0.05) is 31.9 Å². The number of ether oxygens (including phenoxy) is 2. The van der Waals surface area contributed by atoms with E-state index in [-0.39, 0.29) is 6.61 Å². The predicted molar refractivity (Wildman–Crippen MR) is 66.2 cm³/mol. The highest BCUT2D eigenvalue weighted by atomic mass is 16.5. The van der Waals surface area contributed by atoms with E-state index in [9.17, 15) is 5.11 Å². The molecule has 0 amide bonds. The summed E-state index contributed by atoms with van der Waals surface area (Å²) >= 11 is 0. The van der Waals surface area contributed by atoms with E-state index in [2.05, 4.69) is 18.8 Å². The molecule has 4 heteroatoms. The Balaban J connectivity index is 2.66. The van der Waals surface area contributed by atoms with Crippen molar-refractivity contribution in [2.45, 2.75) is 32.8 Å². The van der Waals surface area contributed by atoms with Gasteiger partial charge < -0.3 is 14.6 Å². The summed E-state index contributed by atoms with van der Waals surface area (Å²) in [4.78, 5) is 4.40. The Kier molecular flexibility index (Phi) is 5.94. The van der Waals surface area contributed by atoms with Gasteiger partial charge >= 0.3 is 0 Å². The lowest BCUT2D eigenvalue weighted by Gasteiger charge is -2.11. The highest BCUT2D eigenvalue weighted by molar-refractivity contribution is 5.26. The van der Waals surface area contributed by atoms with Gasteiger partial charge in [-0.25, -0.2) is 4.98 Å². The molecule has 96 valence electrons. The minimum atomic E-state index is 0.0106. The summed E-state index contributed by atoms with van der Waals surface area (Å²) in [6.07, 6.45) is 0.832. The summed E-state index contributed by atoms with van der Waals surface area (Å²) in [5, 5.41) is 9.17. The number of hydrogen-bond donors (Lipinski definition) is 1. The number of aliphatic hydroxyl groups excluding tert-OH is 1. The summed E-state index contributed by atoms with van der Waals surface area (Å²) in [6.45, 7) is 5.40. The van der Waals surface area contributed by atoms with Gasteiger partial charge in [-0.2, -0.15) is 0 Å². The lowest BCUT2D eigenvalue weighted by molar-refractivity contribution is 0.170. The van der Waals surface area contributed by atoms with Gasteiger partial charge in [0.1, 0.15) is 0 Å². The van der Waals surface area contributed by atoms with Crippen LogP contribution in [0.25, 0.3) is 0 Å². The van der Waals surface area contributed by atoms with Crippen LogP contribution in [0.1, 0.15) is 37.4 Å². The Morgan fingerprint density at radius 1 is 1.29 bits per heavy atom. The summed E-state index contributed by atoms with van der Waals surface area (Å²) < 4.78 is 10.5. The topological polar surface area (TPSA) is 51.6 Å². The first kappa shape index (κ1) is 13.9. The minimum absolute atomic E-state index is 0.0106. The second-order valence-electron chi connectivity index (χ2n) is 4.25. The zero-order valence-corrected chi connectivity index (χ0v) is 10.8. The minimum Gasteiger partial charge on any atom is -0.478 e. The highest BCUT2D eigenvalue weighted by Crippen LogP contribution is 2.19. The first-order valence-electron chi connectivity index (χ1n) is 5.90. The van der Waals surface area contributed by atoms with Crippen LogP contribution in [0.3, 0.4) is 0 Å². The number of rotatable bonds is 7. The molecule has 1 N–H and O–H groups in total. The zero-order chi connectivity index (χ0) is 12.7. The monoisotopic (exact) mass is 239 g/mol. The molecule has 0 aliphatic heterocycles. The first-order valence-corrected chi connectivity index (χ1v) is 5.90. The third-order valence-corrected chi connectivity index (χ3v) is 2.40. The molecular formula is C13H21NO3. The number of nitrogens with zero attached hydrogens (tertiary/aromatic N) is 1. The quantitative estimate of drug-likeness (QED) is 0.740. The highest BCUT2D eigenvalue weighted by Gasteiger charge is 2.06. The van der Waals surface area contributed by atoms with E-state index in [4.69, 9.17) is 9.47 Å². The molecule has 0 unspecified atom stereocenters. The molecule has 0 bridgehead atoms. The SMILES string of the molecule is COCCCOc1cc(CO)cc(C(C)C)n1. The Labute approximate surface area is 103 Å². The Morgan fingerprint density at radius 3 is 2.65 bits per heavy atom. The summed E-state index contributed by atoms with van der Waals surface area (Å²) in [7, 11) is 1.67. The predicted octanol–water partition coefficient (Wildman–Crippen LogP) is 2.11. The Morgan fingerprint density at radius 2 is 2.06 bits per heavy atom. The van der Waals surface area contributed by atoms with E-state index < -0.39 is 0 Å². The van der Waals surface area contributed by atoms with Crippen molar-refractivity contribution in [3.63, 3.8) is 0 Å². The molecule has 0 fully saturated rings. The molecule has 0 aliphatic rings. The van der Waals surface area contributed by atoms with Crippen molar-refractivity contribution >= 4 is 0 Å². The van der Waals surface area contributed by atoms with Crippen LogP contribution in [0, 0.1) is 0 Å². The van der Waals surface area contributed by atoms with E-state index in [0.29, 0.717) is 25.0 Å². The van der Waals surface area contributed by atoms with Crippen molar-refractivity contribution in [1.29, 1.82) is 0 Å². The zero-order valence-electron chi connectivity index (χ0n) is 10.8. The average Bonchev–Trinajstić information content (AvgIpc) is 2.34. The van der Waals surface area contributed by atoms with Crippen molar-refractivity contribution in [2.24, 2.45) is 0 Å². The van der Waals surface area contributed by atoms with Crippen LogP contribution < -0.4 is 4.74 Å². The van der Waals surface area contributed by atoms with Crippen molar-refractivity contribution in [3.8, 4) is 5.88 Å². The molecule has 0 atom stereocenters. The van der Waals surface area contributed by atoms with E-state index in [1.807, 2.05) is 6.07 Å². The van der Waals surface area contributed by atoms with Crippen LogP contribution in [0.2, 0.25) is 0 Å². The van der Waals surface area contributed by atoms with Crippen LogP contribution in [-0.2, 0) is 11.3 Å². The fraction of sp³-hybridized carbons (Fsp3) is 0.615. The van der Waals surface area contributed by atoms with Gasteiger partial charge in [-0.3, -0.25) is 0 Å².